The maximum absolute atomic E-state index is 13.8. The van der Waals surface area contributed by atoms with Crippen LogP contribution in [0.5, 0.6) is 0 Å². The van der Waals surface area contributed by atoms with Crippen molar-refractivity contribution in [3.05, 3.63) is 109 Å². The van der Waals surface area contributed by atoms with Crippen LogP contribution in [-0.2, 0) is 16.0 Å². The molecule has 3 aromatic carbocycles. The zero-order valence-corrected chi connectivity index (χ0v) is 22.0. The van der Waals surface area contributed by atoms with Gasteiger partial charge in [-0.2, -0.15) is 0 Å². The molecule has 0 spiro atoms. The molecule has 2 N–H and O–H groups in total. The first-order valence-corrected chi connectivity index (χ1v) is 13.7. The summed E-state index contributed by atoms with van der Waals surface area (Å²) in [7, 11) is 0. The van der Waals surface area contributed by atoms with E-state index in [0.717, 1.165) is 55.8 Å². The number of nitrogens with one attached hydrogen (secondary N) is 2. The molecule has 7 rings (SSSR count). The molecule has 1 fully saturated rings. The van der Waals surface area contributed by atoms with Gasteiger partial charge >= 0.3 is 0 Å². The van der Waals surface area contributed by atoms with Gasteiger partial charge in [0.1, 0.15) is 17.5 Å². The first-order chi connectivity index (χ1) is 19.8. The number of aromatic amines is 2. The number of hydrogen-bond acceptors (Lipinski definition) is 4. The van der Waals surface area contributed by atoms with Crippen LogP contribution < -0.4 is 0 Å². The van der Waals surface area contributed by atoms with E-state index in [-0.39, 0.29) is 11.9 Å². The van der Waals surface area contributed by atoms with E-state index < -0.39 is 0 Å². The number of aryl methyl sites for hydroxylation is 1. The van der Waals surface area contributed by atoms with Crippen molar-refractivity contribution in [2.45, 2.75) is 18.9 Å². The highest BCUT2D eigenvalue weighted by Crippen LogP contribution is 2.37. The molecule has 1 atom stereocenters. The van der Waals surface area contributed by atoms with E-state index in [1.807, 2.05) is 41.3 Å². The number of morpholine rings is 1. The third-order valence-corrected chi connectivity index (χ3v) is 7.72. The molecule has 1 aliphatic rings. The van der Waals surface area contributed by atoms with Gasteiger partial charge in [0.25, 0.3) is 0 Å². The number of ether oxygens (including phenoxy) is 1. The van der Waals surface area contributed by atoms with E-state index in [9.17, 15) is 4.79 Å². The number of fused-ring (bicyclic) bond motifs is 2. The van der Waals surface area contributed by atoms with Crippen LogP contribution in [-0.4, -0.2) is 50.5 Å². The topological polar surface area (TPSA) is 86.9 Å². The number of imidazole rings is 1. The highest BCUT2D eigenvalue weighted by Gasteiger charge is 2.31. The third kappa shape index (κ3) is 4.44. The van der Waals surface area contributed by atoms with Gasteiger partial charge in [-0.05, 0) is 47.4 Å². The number of amides is 1. The normalized spacial score (nSPS) is 15.6. The van der Waals surface area contributed by atoms with Gasteiger partial charge in [0.2, 0.25) is 5.91 Å². The van der Waals surface area contributed by atoms with Crippen molar-refractivity contribution in [3.63, 3.8) is 0 Å². The molecule has 3 aromatic heterocycles. The fourth-order valence-corrected chi connectivity index (χ4v) is 5.77. The molecule has 0 aliphatic carbocycles. The van der Waals surface area contributed by atoms with Gasteiger partial charge in [-0.15, -0.1) is 0 Å². The minimum absolute atomic E-state index is 0.0919. The smallest absolute Gasteiger partial charge is 0.223 e. The molecule has 0 radical (unpaired) electrons. The van der Waals surface area contributed by atoms with Crippen molar-refractivity contribution in [2.75, 3.05) is 19.8 Å². The summed E-state index contributed by atoms with van der Waals surface area (Å²) in [6.07, 6.45) is 2.76. The van der Waals surface area contributed by atoms with E-state index in [0.29, 0.717) is 32.6 Å². The summed E-state index contributed by atoms with van der Waals surface area (Å²) in [6.45, 7) is 1.49. The summed E-state index contributed by atoms with van der Waals surface area (Å²) in [5.74, 6) is 0.859. The quantitative estimate of drug-likeness (QED) is 0.266. The molecule has 0 bridgehead atoms. The Morgan fingerprint density at radius 3 is 2.58 bits per heavy atom. The summed E-state index contributed by atoms with van der Waals surface area (Å²) in [6, 6.07) is 30.5. The lowest BCUT2D eigenvalue weighted by atomic mass is 9.94. The maximum Gasteiger partial charge on any atom is 0.223 e. The van der Waals surface area contributed by atoms with Gasteiger partial charge in [-0.1, -0.05) is 66.7 Å². The molecular formula is C33H29N5O2. The summed E-state index contributed by atoms with van der Waals surface area (Å²) < 4.78 is 5.79. The van der Waals surface area contributed by atoms with Crippen LogP contribution in [0.3, 0.4) is 0 Å². The first-order valence-electron chi connectivity index (χ1n) is 13.7. The minimum atomic E-state index is -0.239. The fraction of sp³-hybridized carbons (Fsp3) is 0.182. The molecule has 7 nitrogen and oxygen atoms in total. The van der Waals surface area contributed by atoms with Gasteiger partial charge in [0.15, 0.2) is 0 Å². The lowest BCUT2D eigenvalue weighted by molar-refractivity contribution is -0.140. The fourth-order valence-electron chi connectivity index (χ4n) is 5.77. The lowest BCUT2D eigenvalue weighted by Gasteiger charge is -2.34. The number of carbonyl (C=O) groups excluding carboxylic acids is 1. The molecule has 6 aromatic rings. The van der Waals surface area contributed by atoms with Crippen molar-refractivity contribution in [1.82, 2.24) is 24.8 Å². The standard InChI is InChI=1S/C33H29N5O2/c39-30(38-19-20-40-21-29(38)33-35-27-14-6-7-15-28(27)36-33)17-16-25-26-13-8-18-34-32(26)37-31(25)24-12-5-4-11-23(24)22-9-2-1-3-10-22/h1-15,18,29H,16-17,19-21H2,(H,34,37)(H,35,36)/t29-/m1/s1. The number of rotatable bonds is 6. The Balaban J connectivity index is 1.21. The maximum atomic E-state index is 13.8. The van der Waals surface area contributed by atoms with Gasteiger partial charge < -0.3 is 19.6 Å². The van der Waals surface area contributed by atoms with Crippen LogP contribution in [0, 0.1) is 0 Å². The first kappa shape index (κ1) is 24.3. The van der Waals surface area contributed by atoms with Crippen molar-refractivity contribution in [3.8, 4) is 22.4 Å². The Morgan fingerprint density at radius 1 is 0.900 bits per heavy atom. The largest absolute Gasteiger partial charge is 0.377 e. The predicted molar refractivity (Wildman–Crippen MR) is 157 cm³/mol. The average Bonchev–Trinajstić information content (AvgIpc) is 3.62. The predicted octanol–water partition coefficient (Wildman–Crippen LogP) is 6.31. The second-order valence-electron chi connectivity index (χ2n) is 10.1. The SMILES string of the molecule is O=C(CCc1c(-c2ccccc2-c2ccccc2)[nH]c2ncccc12)N1CCOC[C@@H]1c1nc2ccccc2[nH]1. The van der Waals surface area contributed by atoms with E-state index >= 15 is 0 Å². The molecule has 40 heavy (non-hydrogen) atoms. The van der Waals surface area contributed by atoms with Crippen LogP contribution in [0.15, 0.2) is 97.2 Å². The Kier molecular flexibility index (Phi) is 6.34. The molecular weight excluding hydrogens is 498 g/mol. The molecule has 4 heterocycles. The van der Waals surface area contributed by atoms with E-state index in [4.69, 9.17) is 9.72 Å². The number of H-pyrrole nitrogens is 2. The number of hydrogen-bond donors (Lipinski definition) is 2. The van der Waals surface area contributed by atoms with Crippen LogP contribution in [0.25, 0.3) is 44.5 Å². The van der Waals surface area contributed by atoms with Crippen LogP contribution >= 0.6 is 0 Å². The van der Waals surface area contributed by atoms with Gasteiger partial charge in [-0.25, -0.2) is 9.97 Å². The zero-order chi connectivity index (χ0) is 26.9. The summed E-state index contributed by atoms with van der Waals surface area (Å²) in [5, 5.41) is 1.05. The van der Waals surface area contributed by atoms with Crippen LogP contribution in [0.4, 0.5) is 0 Å². The average molecular weight is 528 g/mol. The Hall–Kier alpha value is -4.75. The Labute approximate surface area is 231 Å². The number of carbonyl (C=O) groups is 1. The molecule has 1 amide bonds. The van der Waals surface area contributed by atoms with E-state index in [2.05, 4.69) is 69.5 Å². The van der Waals surface area contributed by atoms with E-state index in [1.54, 1.807) is 6.20 Å². The Morgan fingerprint density at radius 2 is 1.70 bits per heavy atom. The molecule has 198 valence electrons. The molecule has 1 aliphatic heterocycles. The zero-order valence-electron chi connectivity index (χ0n) is 22.0. The van der Waals surface area contributed by atoms with Crippen LogP contribution in [0.2, 0.25) is 0 Å². The second kappa shape index (κ2) is 10.4. The molecule has 7 heteroatoms. The second-order valence-corrected chi connectivity index (χ2v) is 10.1. The molecule has 0 saturated carbocycles. The van der Waals surface area contributed by atoms with Gasteiger partial charge in [-0.3, -0.25) is 4.79 Å². The van der Waals surface area contributed by atoms with Gasteiger partial charge in [0.05, 0.1) is 29.9 Å². The van der Waals surface area contributed by atoms with Crippen molar-refractivity contribution in [1.29, 1.82) is 0 Å². The van der Waals surface area contributed by atoms with Crippen LogP contribution in [0.1, 0.15) is 23.9 Å². The van der Waals surface area contributed by atoms with Crippen molar-refractivity contribution in [2.24, 2.45) is 0 Å². The Bertz CT molecular complexity index is 1770. The number of benzene rings is 3. The molecule has 0 unspecified atom stereocenters. The minimum Gasteiger partial charge on any atom is -0.377 e. The number of para-hydroxylation sites is 2. The highest BCUT2D eigenvalue weighted by molar-refractivity contribution is 5.93. The summed E-state index contributed by atoms with van der Waals surface area (Å²) in [4.78, 5) is 32.0. The number of aromatic nitrogens is 4. The third-order valence-electron chi connectivity index (χ3n) is 7.72. The van der Waals surface area contributed by atoms with Gasteiger partial charge in [0, 0.05) is 30.1 Å². The lowest BCUT2D eigenvalue weighted by Crippen LogP contribution is -2.44. The molecule has 1 saturated heterocycles. The monoisotopic (exact) mass is 527 g/mol. The van der Waals surface area contributed by atoms with Crippen molar-refractivity contribution >= 4 is 28.0 Å². The highest BCUT2D eigenvalue weighted by atomic mass is 16.5. The van der Waals surface area contributed by atoms with Crippen molar-refractivity contribution < 1.29 is 9.53 Å². The summed E-state index contributed by atoms with van der Waals surface area (Å²) >= 11 is 0. The number of pyridine rings is 1. The summed E-state index contributed by atoms with van der Waals surface area (Å²) in [5.41, 5.74) is 8.18. The van der Waals surface area contributed by atoms with E-state index in [1.165, 1.54) is 0 Å². The number of nitrogens with zero attached hydrogens (tertiary/aromatic N) is 3.